The summed E-state index contributed by atoms with van der Waals surface area (Å²) in [6.07, 6.45) is 1.73. The Morgan fingerprint density at radius 1 is 0.900 bits per heavy atom. The standard InChI is InChI=1S/C20H18F2N6O2/c21-17-6-3-15(12-18(17)22)20(30)27-9-7-26(8-10-27)19(29)11-14-1-4-16(5-2-14)28-13-23-24-25-28/h1-6,12-13H,7-11H2. The van der Waals surface area contributed by atoms with E-state index in [2.05, 4.69) is 15.5 Å². The van der Waals surface area contributed by atoms with Crippen LogP contribution in [0.25, 0.3) is 5.69 Å². The highest BCUT2D eigenvalue weighted by Crippen LogP contribution is 2.14. The zero-order valence-corrected chi connectivity index (χ0v) is 15.9. The van der Waals surface area contributed by atoms with Gasteiger partial charge in [0.15, 0.2) is 11.6 Å². The molecule has 0 unspecified atom stereocenters. The van der Waals surface area contributed by atoms with Crippen LogP contribution in [-0.4, -0.2) is 68.0 Å². The number of aromatic nitrogens is 4. The molecule has 0 atom stereocenters. The van der Waals surface area contributed by atoms with E-state index in [1.54, 1.807) is 4.90 Å². The summed E-state index contributed by atoms with van der Waals surface area (Å²) in [6, 6.07) is 10.4. The van der Waals surface area contributed by atoms with Gasteiger partial charge in [0, 0.05) is 31.7 Å². The van der Waals surface area contributed by atoms with Gasteiger partial charge in [-0.2, -0.15) is 0 Å². The summed E-state index contributed by atoms with van der Waals surface area (Å²) >= 11 is 0. The van der Waals surface area contributed by atoms with Gasteiger partial charge in [-0.05, 0) is 46.3 Å². The number of hydrogen-bond donors (Lipinski definition) is 0. The summed E-state index contributed by atoms with van der Waals surface area (Å²) in [5.41, 5.74) is 1.74. The molecule has 8 nitrogen and oxygen atoms in total. The second-order valence-corrected chi connectivity index (χ2v) is 6.90. The van der Waals surface area contributed by atoms with Crippen molar-refractivity contribution < 1.29 is 18.4 Å². The number of benzene rings is 2. The van der Waals surface area contributed by atoms with Crippen molar-refractivity contribution in [2.45, 2.75) is 6.42 Å². The van der Waals surface area contributed by atoms with E-state index in [1.807, 2.05) is 24.3 Å². The number of amides is 2. The number of carbonyl (C=O) groups is 2. The lowest BCUT2D eigenvalue weighted by Crippen LogP contribution is -2.51. The van der Waals surface area contributed by atoms with Gasteiger partial charge >= 0.3 is 0 Å². The van der Waals surface area contributed by atoms with Crippen molar-refractivity contribution in [2.75, 3.05) is 26.2 Å². The molecule has 0 radical (unpaired) electrons. The van der Waals surface area contributed by atoms with E-state index < -0.39 is 11.6 Å². The van der Waals surface area contributed by atoms with E-state index in [0.29, 0.717) is 26.2 Å². The van der Waals surface area contributed by atoms with Crippen molar-refractivity contribution in [3.05, 3.63) is 71.6 Å². The molecule has 1 aliphatic heterocycles. The molecule has 0 spiro atoms. The molecule has 3 aromatic rings. The molecule has 4 rings (SSSR count). The Balaban J connectivity index is 1.32. The van der Waals surface area contributed by atoms with Crippen LogP contribution in [0.15, 0.2) is 48.8 Å². The van der Waals surface area contributed by atoms with Gasteiger partial charge < -0.3 is 9.80 Å². The van der Waals surface area contributed by atoms with Crippen LogP contribution in [0.3, 0.4) is 0 Å². The molecule has 0 saturated carbocycles. The number of nitrogens with zero attached hydrogens (tertiary/aromatic N) is 6. The Kier molecular flexibility index (Phi) is 5.46. The molecule has 1 fully saturated rings. The van der Waals surface area contributed by atoms with Gasteiger partial charge in [0.05, 0.1) is 12.1 Å². The van der Waals surface area contributed by atoms with Crippen LogP contribution in [0.2, 0.25) is 0 Å². The summed E-state index contributed by atoms with van der Waals surface area (Å²) in [5.74, 6) is -2.46. The predicted octanol–water partition coefficient (Wildman–Crippen LogP) is 1.47. The van der Waals surface area contributed by atoms with Gasteiger partial charge in [-0.1, -0.05) is 12.1 Å². The SMILES string of the molecule is O=C(Cc1ccc(-n2cnnn2)cc1)N1CCN(C(=O)c2ccc(F)c(F)c2)CC1. The Bertz CT molecular complexity index is 1050. The van der Waals surface area contributed by atoms with Gasteiger partial charge in [0.25, 0.3) is 5.91 Å². The molecule has 0 N–H and O–H groups in total. The first-order valence-electron chi connectivity index (χ1n) is 9.35. The van der Waals surface area contributed by atoms with Crippen molar-refractivity contribution in [2.24, 2.45) is 0 Å². The maximum atomic E-state index is 13.4. The Labute approximate surface area is 170 Å². The van der Waals surface area contributed by atoms with E-state index in [4.69, 9.17) is 0 Å². The normalized spacial score (nSPS) is 14.1. The highest BCUT2D eigenvalue weighted by Gasteiger charge is 2.25. The lowest BCUT2D eigenvalue weighted by atomic mass is 10.1. The lowest BCUT2D eigenvalue weighted by Gasteiger charge is -2.35. The molecule has 1 aromatic heterocycles. The van der Waals surface area contributed by atoms with Crippen LogP contribution in [0, 0.1) is 11.6 Å². The van der Waals surface area contributed by atoms with E-state index in [1.165, 1.54) is 22.0 Å². The number of rotatable bonds is 4. The predicted molar refractivity (Wildman–Crippen MR) is 102 cm³/mol. The maximum Gasteiger partial charge on any atom is 0.254 e. The molecule has 2 amide bonds. The maximum absolute atomic E-state index is 13.4. The summed E-state index contributed by atoms with van der Waals surface area (Å²) in [6.45, 7) is 1.44. The average molecular weight is 412 g/mol. The molecule has 0 aliphatic carbocycles. The summed E-state index contributed by atoms with van der Waals surface area (Å²) < 4.78 is 28.0. The lowest BCUT2D eigenvalue weighted by molar-refractivity contribution is -0.131. The van der Waals surface area contributed by atoms with E-state index in [0.717, 1.165) is 23.4 Å². The van der Waals surface area contributed by atoms with E-state index in [-0.39, 0.29) is 23.8 Å². The zero-order valence-electron chi connectivity index (χ0n) is 15.9. The smallest absolute Gasteiger partial charge is 0.254 e. The summed E-state index contributed by atoms with van der Waals surface area (Å²) in [7, 11) is 0. The molecule has 30 heavy (non-hydrogen) atoms. The quantitative estimate of drug-likeness (QED) is 0.648. The minimum atomic E-state index is -1.05. The number of halogens is 2. The number of piperazine rings is 1. The van der Waals surface area contributed by atoms with Crippen LogP contribution in [0.5, 0.6) is 0 Å². The molecular formula is C20H18F2N6O2. The molecule has 2 heterocycles. The van der Waals surface area contributed by atoms with E-state index >= 15 is 0 Å². The highest BCUT2D eigenvalue weighted by molar-refractivity contribution is 5.94. The molecular weight excluding hydrogens is 394 g/mol. The molecule has 2 aromatic carbocycles. The first-order chi connectivity index (χ1) is 14.5. The molecule has 10 heteroatoms. The third-order valence-electron chi connectivity index (χ3n) is 4.99. The minimum Gasteiger partial charge on any atom is -0.339 e. The van der Waals surface area contributed by atoms with Gasteiger partial charge in [0.2, 0.25) is 5.91 Å². The summed E-state index contributed by atoms with van der Waals surface area (Å²) in [5, 5.41) is 11.0. The topological polar surface area (TPSA) is 84.2 Å². The largest absolute Gasteiger partial charge is 0.339 e. The Hall–Kier alpha value is -3.69. The number of hydrogen-bond acceptors (Lipinski definition) is 5. The third kappa shape index (κ3) is 4.17. The fraction of sp³-hybridized carbons (Fsp3) is 0.250. The molecule has 154 valence electrons. The molecule has 0 bridgehead atoms. The zero-order chi connectivity index (χ0) is 21.1. The Morgan fingerprint density at radius 2 is 1.60 bits per heavy atom. The van der Waals surface area contributed by atoms with Crippen LogP contribution in [-0.2, 0) is 11.2 Å². The number of carbonyl (C=O) groups excluding carboxylic acids is 2. The van der Waals surface area contributed by atoms with Crippen LogP contribution >= 0.6 is 0 Å². The monoisotopic (exact) mass is 412 g/mol. The van der Waals surface area contributed by atoms with Crippen molar-refractivity contribution in [1.29, 1.82) is 0 Å². The van der Waals surface area contributed by atoms with Crippen molar-refractivity contribution in [1.82, 2.24) is 30.0 Å². The second kappa shape index (κ2) is 8.36. The number of tetrazole rings is 1. The Morgan fingerprint density at radius 3 is 2.23 bits per heavy atom. The highest BCUT2D eigenvalue weighted by atomic mass is 19.2. The fourth-order valence-electron chi connectivity index (χ4n) is 3.30. The van der Waals surface area contributed by atoms with Crippen LogP contribution < -0.4 is 0 Å². The van der Waals surface area contributed by atoms with Gasteiger partial charge in [-0.25, -0.2) is 13.5 Å². The van der Waals surface area contributed by atoms with Crippen LogP contribution in [0.1, 0.15) is 15.9 Å². The van der Waals surface area contributed by atoms with Gasteiger partial charge in [0.1, 0.15) is 6.33 Å². The average Bonchev–Trinajstić information content (AvgIpc) is 3.31. The van der Waals surface area contributed by atoms with E-state index in [9.17, 15) is 18.4 Å². The second-order valence-electron chi connectivity index (χ2n) is 6.90. The third-order valence-corrected chi connectivity index (χ3v) is 4.99. The van der Waals surface area contributed by atoms with Gasteiger partial charge in [-0.3, -0.25) is 9.59 Å². The fourth-order valence-corrected chi connectivity index (χ4v) is 3.30. The van der Waals surface area contributed by atoms with Crippen molar-refractivity contribution >= 4 is 11.8 Å². The first kappa shape index (κ1) is 19.6. The first-order valence-corrected chi connectivity index (χ1v) is 9.35. The van der Waals surface area contributed by atoms with Crippen molar-refractivity contribution in [3.63, 3.8) is 0 Å². The summed E-state index contributed by atoms with van der Waals surface area (Å²) in [4.78, 5) is 28.3. The van der Waals surface area contributed by atoms with Gasteiger partial charge in [-0.15, -0.1) is 5.10 Å². The minimum absolute atomic E-state index is 0.0369. The van der Waals surface area contributed by atoms with Crippen molar-refractivity contribution in [3.8, 4) is 5.69 Å². The molecule has 1 aliphatic rings. The van der Waals surface area contributed by atoms with Crippen LogP contribution in [0.4, 0.5) is 8.78 Å². The molecule has 1 saturated heterocycles.